The van der Waals surface area contributed by atoms with Crippen LogP contribution in [0.15, 0.2) is 66.7 Å². The zero-order chi connectivity index (χ0) is 30.4. The molecule has 0 saturated carbocycles. The lowest BCUT2D eigenvalue weighted by atomic mass is 9.94. The number of aromatic hydroxyl groups is 1. The van der Waals surface area contributed by atoms with Crippen molar-refractivity contribution in [3.63, 3.8) is 0 Å². The minimum atomic E-state index is -1.20. The summed E-state index contributed by atoms with van der Waals surface area (Å²) in [6.45, 7) is 10.7. The van der Waals surface area contributed by atoms with E-state index in [1.54, 1.807) is 56.8 Å². The summed E-state index contributed by atoms with van der Waals surface area (Å²) in [6.07, 6.45) is 1.52. The van der Waals surface area contributed by atoms with Gasteiger partial charge in [-0.15, -0.1) is 0 Å². The summed E-state index contributed by atoms with van der Waals surface area (Å²) < 4.78 is 5.44. The predicted octanol–water partition coefficient (Wildman–Crippen LogP) is 6.50. The van der Waals surface area contributed by atoms with Crippen molar-refractivity contribution in [3.05, 3.63) is 72.3 Å². The van der Waals surface area contributed by atoms with Crippen molar-refractivity contribution in [3.8, 4) is 5.75 Å². The van der Waals surface area contributed by atoms with Crippen molar-refractivity contribution in [1.82, 2.24) is 10.2 Å². The second-order valence-corrected chi connectivity index (χ2v) is 12.9. The van der Waals surface area contributed by atoms with E-state index in [0.717, 1.165) is 10.8 Å². The van der Waals surface area contributed by atoms with Gasteiger partial charge in [0.15, 0.2) is 0 Å². The summed E-state index contributed by atoms with van der Waals surface area (Å²) >= 11 is 1.54. The number of fused-ring (bicyclic) bond motifs is 1. The van der Waals surface area contributed by atoms with Crippen LogP contribution in [0, 0.1) is 0 Å². The van der Waals surface area contributed by atoms with Gasteiger partial charge in [0.25, 0.3) is 5.91 Å². The predicted molar refractivity (Wildman–Crippen MR) is 166 cm³/mol. The van der Waals surface area contributed by atoms with Crippen LogP contribution in [0.5, 0.6) is 5.75 Å². The van der Waals surface area contributed by atoms with E-state index in [9.17, 15) is 19.5 Å². The van der Waals surface area contributed by atoms with Gasteiger partial charge in [-0.05, 0) is 88.9 Å². The standard InChI is InChI=1S/C32H41N3O5S/c1-31(2,3)35(29(38)25(18-19-41-7)34-30(39)40-32(4,5)6)27(24-14-10-11-15-26(24)36)28(37)33-23-17-16-21-12-8-9-13-22(21)20-23/h8-17,20,25,27,36H,18-19H2,1-7H3,(H,33,37)(H,34,39). The molecule has 0 aliphatic heterocycles. The summed E-state index contributed by atoms with van der Waals surface area (Å²) in [4.78, 5) is 42.6. The summed E-state index contributed by atoms with van der Waals surface area (Å²) in [7, 11) is 0. The smallest absolute Gasteiger partial charge is 0.408 e. The average Bonchev–Trinajstić information content (AvgIpc) is 2.88. The molecular weight excluding hydrogens is 538 g/mol. The monoisotopic (exact) mass is 579 g/mol. The molecule has 3 amide bonds. The highest BCUT2D eigenvalue weighted by Gasteiger charge is 2.42. The van der Waals surface area contributed by atoms with Crippen LogP contribution in [0.2, 0.25) is 0 Å². The van der Waals surface area contributed by atoms with E-state index in [1.807, 2.05) is 63.4 Å². The second-order valence-electron chi connectivity index (χ2n) is 11.9. The lowest BCUT2D eigenvalue weighted by Crippen LogP contribution is -2.58. The number of nitrogens with one attached hydrogen (secondary N) is 2. The van der Waals surface area contributed by atoms with Crippen LogP contribution >= 0.6 is 11.8 Å². The number of phenols is 1. The van der Waals surface area contributed by atoms with Gasteiger partial charge in [0.1, 0.15) is 23.4 Å². The summed E-state index contributed by atoms with van der Waals surface area (Å²) in [5, 5.41) is 18.5. The molecule has 0 fully saturated rings. The SMILES string of the molecule is CSCCC(NC(=O)OC(C)(C)C)C(=O)N(C(C(=O)Nc1ccc2ccccc2c1)c1ccccc1O)C(C)(C)C. The summed E-state index contributed by atoms with van der Waals surface area (Å²) in [5.74, 6) is -0.478. The Labute approximate surface area is 246 Å². The molecule has 0 aliphatic carbocycles. The van der Waals surface area contributed by atoms with Gasteiger partial charge in [-0.1, -0.05) is 48.5 Å². The minimum absolute atomic E-state index is 0.117. The number of carbonyl (C=O) groups is 3. The highest BCUT2D eigenvalue weighted by atomic mass is 32.2. The van der Waals surface area contributed by atoms with Crippen molar-refractivity contribution in [2.24, 2.45) is 0 Å². The molecule has 0 aliphatic rings. The zero-order valence-corrected chi connectivity index (χ0v) is 25.7. The van der Waals surface area contributed by atoms with E-state index >= 15 is 0 Å². The van der Waals surface area contributed by atoms with Crippen molar-refractivity contribution in [2.45, 2.75) is 71.2 Å². The van der Waals surface area contributed by atoms with Crippen LogP contribution in [-0.4, -0.2) is 57.1 Å². The Hall–Kier alpha value is -3.72. The number of nitrogens with zero attached hydrogens (tertiary/aromatic N) is 1. The second kappa shape index (κ2) is 13.3. The number of amides is 3. The molecule has 41 heavy (non-hydrogen) atoms. The molecule has 0 spiro atoms. The molecule has 0 saturated heterocycles. The van der Waals surface area contributed by atoms with Crippen molar-refractivity contribution >= 4 is 46.1 Å². The first kappa shape index (κ1) is 31.8. The Balaban J connectivity index is 2.06. The number of benzene rings is 3. The van der Waals surface area contributed by atoms with Gasteiger partial charge < -0.3 is 25.4 Å². The minimum Gasteiger partial charge on any atom is -0.508 e. The van der Waals surface area contributed by atoms with E-state index in [4.69, 9.17) is 4.74 Å². The molecule has 0 radical (unpaired) electrons. The van der Waals surface area contributed by atoms with Crippen LogP contribution in [0.1, 0.15) is 59.6 Å². The Bertz CT molecular complexity index is 1380. The molecule has 0 bridgehead atoms. The van der Waals surface area contributed by atoms with Crippen LogP contribution in [0.3, 0.4) is 0 Å². The molecule has 8 nitrogen and oxygen atoms in total. The third kappa shape index (κ3) is 8.63. The van der Waals surface area contributed by atoms with Crippen LogP contribution < -0.4 is 10.6 Å². The van der Waals surface area contributed by atoms with Crippen molar-refractivity contribution < 1.29 is 24.2 Å². The number of thioether (sulfide) groups is 1. The number of para-hydroxylation sites is 1. The zero-order valence-electron chi connectivity index (χ0n) is 24.9. The molecule has 3 N–H and O–H groups in total. The van der Waals surface area contributed by atoms with E-state index in [-0.39, 0.29) is 11.3 Å². The first-order valence-electron chi connectivity index (χ1n) is 13.6. The fourth-order valence-corrected chi connectivity index (χ4v) is 5.02. The number of phenolic OH excluding ortho intramolecular Hbond substituents is 1. The topological polar surface area (TPSA) is 108 Å². The average molecular weight is 580 g/mol. The number of carbonyl (C=O) groups excluding carboxylic acids is 3. The lowest BCUT2D eigenvalue weighted by molar-refractivity contribution is -0.146. The normalized spacial score (nSPS) is 13.2. The maximum atomic E-state index is 14.3. The first-order valence-corrected chi connectivity index (χ1v) is 15.0. The Morgan fingerprint density at radius 2 is 1.56 bits per heavy atom. The fraction of sp³-hybridized carbons (Fsp3) is 0.406. The third-order valence-corrected chi connectivity index (χ3v) is 6.96. The highest BCUT2D eigenvalue weighted by molar-refractivity contribution is 7.98. The first-order chi connectivity index (χ1) is 19.2. The number of hydrogen-bond donors (Lipinski definition) is 3. The largest absolute Gasteiger partial charge is 0.508 e. The van der Waals surface area contributed by atoms with E-state index in [1.165, 1.54) is 11.0 Å². The van der Waals surface area contributed by atoms with E-state index in [0.29, 0.717) is 17.9 Å². The van der Waals surface area contributed by atoms with Crippen LogP contribution in [0.4, 0.5) is 10.5 Å². The molecule has 3 aromatic rings. The van der Waals surface area contributed by atoms with E-state index in [2.05, 4.69) is 10.6 Å². The molecule has 2 atom stereocenters. The van der Waals surface area contributed by atoms with Gasteiger partial charge in [0.05, 0.1) is 0 Å². The molecule has 3 rings (SSSR count). The van der Waals surface area contributed by atoms with Crippen molar-refractivity contribution in [1.29, 1.82) is 0 Å². The Morgan fingerprint density at radius 1 is 0.927 bits per heavy atom. The third-order valence-electron chi connectivity index (χ3n) is 6.31. The lowest BCUT2D eigenvalue weighted by Gasteiger charge is -2.43. The number of anilines is 1. The van der Waals surface area contributed by atoms with Gasteiger partial charge >= 0.3 is 6.09 Å². The molecule has 2 unspecified atom stereocenters. The van der Waals surface area contributed by atoms with Crippen molar-refractivity contribution in [2.75, 3.05) is 17.3 Å². The van der Waals surface area contributed by atoms with Gasteiger partial charge in [-0.3, -0.25) is 9.59 Å². The Kier molecular flexibility index (Phi) is 10.3. The molecular formula is C32H41N3O5S. The van der Waals surface area contributed by atoms with Gasteiger partial charge in [0.2, 0.25) is 5.91 Å². The Morgan fingerprint density at radius 3 is 2.17 bits per heavy atom. The maximum Gasteiger partial charge on any atom is 0.408 e. The summed E-state index contributed by atoms with van der Waals surface area (Å²) in [5.41, 5.74) is -0.798. The van der Waals surface area contributed by atoms with Gasteiger partial charge in [0, 0.05) is 16.8 Å². The van der Waals surface area contributed by atoms with Crippen LogP contribution in [0.25, 0.3) is 10.8 Å². The molecule has 0 aromatic heterocycles. The highest BCUT2D eigenvalue weighted by Crippen LogP contribution is 2.35. The van der Waals surface area contributed by atoms with Gasteiger partial charge in [-0.25, -0.2) is 4.79 Å². The molecule has 220 valence electrons. The molecule has 0 heterocycles. The number of ether oxygens (including phenoxy) is 1. The number of rotatable bonds is 9. The van der Waals surface area contributed by atoms with E-state index < -0.39 is 41.1 Å². The quantitative estimate of drug-likeness (QED) is 0.267. The number of alkyl carbamates (subject to hydrolysis) is 1. The van der Waals surface area contributed by atoms with Crippen LogP contribution in [-0.2, 0) is 14.3 Å². The molecule has 3 aromatic carbocycles. The molecule has 9 heteroatoms. The fourth-order valence-electron chi connectivity index (χ4n) is 4.55. The maximum absolute atomic E-state index is 14.3. The summed E-state index contributed by atoms with van der Waals surface area (Å²) in [6, 6.07) is 17.7. The number of hydrogen-bond acceptors (Lipinski definition) is 6. The van der Waals surface area contributed by atoms with Gasteiger partial charge in [-0.2, -0.15) is 11.8 Å².